The number of fused-ring (bicyclic) bond motifs is 3. The molecule has 2 N–H and O–H groups in total. The number of hydrogen-bond donors (Lipinski definition) is 1. The Labute approximate surface area is 190 Å². The molecule has 2 aromatic carbocycles. The second-order valence-corrected chi connectivity index (χ2v) is 9.43. The number of nitrogens with zero attached hydrogens (tertiary/aromatic N) is 4. The first-order valence-electron chi connectivity index (χ1n) is 10.7. The average Bonchev–Trinajstić information content (AvgIpc) is 3.08. The van der Waals surface area contributed by atoms with E-state index in [9.17, 15) is 18.0 Å². The highest BCUT2D eigenvalue weighted by Crippen LogP contribution is 2.30. The van der Waals surface area contributed by atoms with E-state index in [0.29, 0.717) is 18.4 Å². The van der Waals surface area contributed by atoms with Crippen molar-refractivity contribution in [1.82, 2.24) is 19.7 Å². The Bertz CT molecular complexity index is 1200. The molecular weight excluding hydrogens is 431 g/mol. The van der Waals surface area contributed by atoms with E-state index in [1.54, 1.807) is 4.90 Å². The predicted molar refractivity (Wildman–Crippen MR) is 117 cm³/mol. The van der Waals surface area contributed by atoms with E-state index in [1.807, 2.05) is 28.8 Å². The van der Waals surface area contributed by atoms with Crippen molar-refractivity contribution in [1.29, 1.82) is 0 Å². The lowest BCUT2D eigenvalue weighted by atomic mass is 9.95. The number of aromatic nitrogens is 3. The number of benzene rings is 2. The van der Waals surface area contributed by atoms with Crippen LogP contribution in [0.4, 0.5) is 13.2 Å². The van der Waals surface area contributed by atoms with Gasteiger partial charge in [0.15, 0.2) is 17.5 Å². The van der Waals surface area contributed by atoms with Crippen molar-refractivity contribution in [3.63, 3.8) is 0 Å². The zero-order valence-corrected chi connectivity index (χ0v) is 18.8. The van der Waals surface area contributed by atoms with Gasteiger partial charge in [-0.3, -0.25) is 9.36 Å². The maximum atomic E-state index is 14.0. The molecule has 3 aromatic rings. The first kappa shape index (κ1) is 23.0. The van der Waals surface area contributed by atoms with Crippen molar-refractivity contribution in [3.8, 4) is 5.69 Å². The summed E-state index contributed by atoms with van der Waals surface area (Å²) in [6, 6.07) is 8.28. The minimum absolute atomic E-state index is 0.0648. The minimum Gasteiger partial charge on any atom is -0.331 e. The molecule has 0 aliphatic carbocycles. The molecule has 0 spiro atoms. The van der Waals surface area contributed by atoms with Gasteiger partial charge in [-0.15, -0.1) is 10.2 Å². The van der Waals surface area contributed by atoms with E-state index in [1.165, 1.54) is 0 Å². The van der Waals surface area contributed by atoms with Crippen LogP contribution < -0.4 is 5.73 Å². The molecular formula is C24H26F3N5O. The van der Waals surface area contributed by atoms with Crippen LogP contribution in [0.2, 0.25) is 0 Å². The van der Waals surface area contributed by atoms with Crippen LogP contribution in [-0.2, 0) is 29.7 Å². The summed E-state index contributed by atoms with van der Waals surface area (Å²) in [5.41, 5.74) is 7.64. The highest BCUT2D eigenvalue weighted by atomic mass is 19.2. The summed E-state index contributed by atoms with van der Waals surface area (Å²) in [4.78, 5) is 14.8. The molecule has 0 fully saturated rings. The third-order valence-corrected chi connectivity index (χ3v) is 5.69. The number of amides is 1. The number of carbonyl (C=O) groups excluding carboxylic acids is 1. The third kappa shape index (κ3) is 4.64. The van der Waals surface area contributed by atoms with Gasteiger partial charge in [-0.1, -0.05) is 39.0 Å². The fourth-order valence-corrected chi connectivity index (χ4v) is 4.06. The van der Waals surface area contributed by atoms with E-state index in [-0.39, 0.29) is 36.3 Å². The molecule has 6 nitrogen and oxygen atoms in total. The number of hydrogen-bond acceptors (Lipinski definition) is 4. The van der Waals surface area contributed by atoms with Crippen LogP contribution in [-0.4, -0.2) is 31.6 Å². The van der Waals surface area contributed by atoms with Crippen LogP contribution >= 0.6 is 0 Å². The van der Waals surface area contributed by atoms with Crippen molar-refractivity contribution in [2.75, 3.05) is 0 Å². The molecule has 1 atom stereocenters. The van der Waals surface area contributed by atoms with E-state index in [4.69, 9.17) is 5.73 Å². The van der Waals surface area contributed by atoms with E-state index >= 15 is 0 Å². The lowest BCUT2D eigenvalue weighted by Gasteiger charge is -2.22. The van der Waals surface area contributed by atoms with Crippen LogP contribution in [0.25, 0.3) is 5.69 Å². The summed E-state index contributed by atoms with van der Waals surface area (Å²) < 4.78 is 42.7. The van der Waals surface area contributed by atoms with Gasteiger partial charge in [-0.25, -0.2) is 13.2 Å². The second kappa shape index (κ2) is 8.62. The van der Waals surface area contributed by atoms with Gasteiger partial charge in [0, 0.05) is 30.5 Å². The zero-order chi connectivity index (χ0) is 23.9. The summed E-state index contributed by atoms with van der Waals surface area (Å²) in [5.74, 6) is -2.11. The monoisotopic (exact) mass is 457 g/mol. The van der Waals surface area contributed by atoms with Gasteiger partial charge >= 0.3 is 0 Å². The third-order valence-electron chi connectivity index (χ3n) is 5.69. The molecule has 1 aromatic heterocycles. The van der Waals surface area contributed by atoms with E-state index in [2.05, 4.69) is 31.0 Å². The van der Waals surface area contributed by atoms with Crippen molar-refractivity contribution < 1.29 is 18.0 Å². The van der Waals surface area contributed by atoms with E-state index in [0.717, 1.165) is 23.1 Å². The molecule has 0 unspecified atom stereocenters. The Hall–Kier alpha value is -3.20. The maximum Gasteiger partial charge on any atom is 0.224 e. The molecule has 1 aliphatic heterocycles. The molecule has 2 heterocycles. The standard InChI is InChI=1S/C24H26F3N5O/c1-24(2,3)23-30-29-21-13-31(12-14-6-4-5-7-20(14)32(21)23)22(33)10-16(28)8-15-9-18(26)19(27)11-17(15)25/h4-7,9,11,16H,8,10,12-13,28H2,1-3H3/t16-/m1/s1. The Morgan fingerprint density at radius 3 is 2.48 bits per heavy atom. The molecule has 0 bridgehead atoms. The largest absolute Gasteiger partial charge is 0.331 e. The van der Waals surface area contributed by atoms with Gasteiger partial charge < -0.3 is 10.6 Å². The fraction of sp³-hybridized carbons (Fsp3) is 0.375. The van der Waals surface area contributed by atoms with Gasteiger partial charge in [-0.05, 0) is 29.7 Å². The highest BCUT2D eigenvalue weighted by Gasteiger charge is 2.31. The first-order valence-corrected chi connectivity index (χ1v) is 10.7. The van der Waals surface area contributed by atoms with Gasteiger partial charge in [0.2, 0.25) is 5.91 Å². The smallest absolute Gasteiger partial charge is 0.224 e. The molecule has 0 radical (unpaired) electrons. The molecule has 4 rings (SSSR count). The number of rotatable bonds is 4. The van der Waals surface area contributed by atoms with Crippen LogP contribution in [0, 0.1) is 17.5 Å². The number of halogens is 3. The summed E-state index contributed by atoms with van der Waals surface area (Å²) in [7, 11) is 0. The lowest BCUT2D eigenvalue weighted by molar-refractivity contribution is -0.132. The highest BCUT2D eigenvalue weighted by molar-refractivity contribution is 5.77. The van der Waals surface area contributed by atoms with E-state index < -0.39 is 23.5 Å². The Morgan fingerprint density at radius 1 is 1.06 bits per heavy atom. The van der Waals surface area contributed by atoms with Gasteiger partial charge in [0.25, 0.3) is 0 Å². The summed E-state index contributed by atoms with van der Waals surface area (Å²) in [5, 5.41) is 8.74. The fourth-order valence-electron chi connectivity index (χ4n) is 4.06. The predicted octanol–water partition coefficient (Wildman–Crippen LogP) is 3.78. The normalized spacial score (nSPS) is 14.5. The van der Waals surface area contributed by atoms with Gasteiger partial charge in [0.1, 0.15) is 11.6 Å². The molecule has 33 heavy (non-hydrogen) atoms. The van der Waals surface area contributed by atoms with Gasteiger partial charge in [0.05, 0.1) is 12.2 Å². The summed E-state index contributed by atoms with van der Waals surface area (Å²) in [6.45, 7) is 6.75. The van der Waals surface area contributed by atoms with Crippen molar-refractivity contribution in [3.05, 3.63) is 76.6 Å². The van der Waals surface area contributed by atoms with Crippen LogP contribution in [0.3, 0.4) is 0 Å². The summed E-state index contributed by atoms with van der Waals surface area (Å²) in [6.07, 6.45) is -0.176. The average molecular weight is 458 g/mol. The Kier molecular flexibility index (Phi) is 6.00. The molecule has 1 aliphatic rings. The maximum absolute atomic E-state index is 14.0. The number of para-hydroxylation sites is 1. The molecule has 174 valence electrons. The minimum atomic E-state index is -1.26. The number of carbonyl (C=O) groups is 1. The van der Waals surface area contributed by atoms with Gasteiger partial charge in [-0.2, -0.15) is 0 Å². The summed E-state index contributed by atoms with van der Waals surface area (Å²) >= 11 is 0. The second-order valence-electron chi connectivity index (χ2n) is 9.43. The molecule has 0 saturated carbocycles. The SMILES string of the molecule is CC(C)(C)c1nnc2n1-c1ccccc1CN(C(=O)C[C@H](N)Cc1cc(F)c(F)cc1F)C2. The van der Waals surface area contributed by atoms with Crippen LogP contribution in [0.5, 0.6) is 0 Å². The Morgan fingerprint density at radius 2 is 1.76 bits per heavy atom. The van der Waals surface area contributed by atoms with Crippen molar-refractivity contribution >= 4 is 5.91 Å². The van der Waals surface area contributed by atoms with Crippen molar-refractivity contribution in [2.45, 2.75) is 58.2 Å². The first-order chi connectivity index (χ1) is 15.5. The molecule has 9 heteroatoms. The van der Waals surface area contributed by atoms with Crippen LogP contribution in [0.15, 0.2) is 36.4 Å². The Balaban J connectivity index is 1.57. The quantitative estimate of drug-likeness (QED) is 0.605. The van der Waals surface area contributed by atoms with Crippen molar-refractivity contribution in [2.24, 2.45) is 5.73 Å². The topological polar surface area (TPSA) is 77.0 Å². The molecule has 1 amide bonds. The lowest BCUT2D eigenvalue weighted by Crippen LogP contribution is -2.36. The molecule has 0 saturated heterocycles. The number of nitrogens with two attached hydrogens (primary N) is 1. The zero-order valence-electron chi connectivity index (χ0n) is 18.8. The van der Waals surface area contributed by atoms with Crippen LogP contribution in [0.1, 0.15) is 50.0 Å².